The zero-order chi connectivity index (χ0) is 20.8. The van der Waals surface area contributed by atoms with Crippen LogP contribution in [0.3, 0.4) is 0 Å². The predicted molar refractivity (Wildman–Crippen MR) is 111 cm³/mol. The molecular formula is C23H28N2O4. The fourth-order valence-electron chi connectivity index (χ4n) is 3.72. The molecule has 0 unspecified atom stereocenters. The Hall–Kier alpha value is -2.70. The van der Waals surface area contributed by atoms with E-state index < -0.39 is 12.0 Å². The van der Waals surface area contributed by atoms with E-state index in [9.17, 15) is 14.7 Å². The van der Waals surface area contributed by atoms with Gasteiger partial charge in [0.15, 0.2) is 0 Å². The van der Waals surface area contributed by atoms with Crippen molar-refractivity contribution >= 4 is 11.9 Å². The van der Waals surface area contributed by atoms with Crippen LogP contribution in [-0.4, -0.2) is 53.2 Å². The predicted octanol–water partition coefficient (Wildman–Crippen LogP) is 2.72. The van der Waals surface area contributed by atoms with Crippen molar-refractivity contribution in [3.05, 3.63) is 71.3 Å². The molecule has 154 valence electrons. The topological polar surface area (TPSA) is 78.9 Å². The molecular weight excluding hydrogens is 368 g/mol. The van der Waals surface area contributed by atoms with Crippen LogP contribution < -0.4 is 5.32 Å². The average Bonchev–Trinajstić information content (AvgIpc) is 2.68. The van der Waals surface area contributed by atoms with E-state index in [-0.39, 0.29) is 24.5 Å². The highest BCUT2D eigenvalue weighted by molar-refractivity contribution is 5.96. The molecule has 1 fully saturated rings. The van der Waals surface area contributed by atoms with Gasteiger partial charge in [-0.2, -0.15) is 0 Å². The minimum absolute atomic E-state index is 0.210. The fourth-order valence-corrected chi connectivity index (χ4v) is 3.72. The number of aliphatic carboxylic acids is 1. The molecule has 0 bridgehead atoms. The van der Waals surface area contributed by atoms with Gasteiger partial charge in [0, 0.05) is 31.6 Å². The van der Waals surface area contributed by atoms with Crippen LogP contribution in [-0.2, 0) is 22.5 Å². The first-order valence-electron chi connectivity index (χ1n) is 9.95. The van der Waals surface area contributed by atoms with Crippen LogP contribution in [0.25, 0.3) is 0 Å². The summed E-state index contributed by atoms with van der Waals surface area (Å²) in [5.41, 5.74) is 2.43. The van der Waals surface area contributed by atoms with E-state index in [1.54, 1.807) is 12.1 Å². The van der Waals surface area contributed by atoms with E-state index in [4.69, 9.17) is 4.74 Å². The number of hydrogen-bond acceptors (Lipinski definition) is 4. The number of carbonyl (C=O) groups excluding carboxylic acids is 1. The maximum absolute atomic E-state index is 12.5. The van der Waals surface area contributed by atoms with Gasteiger partial charge < -0.3 is 15.2 Å². The summed E-state index contributed by atoms with van der Waals surface area (Å²) in [5.74, 6) is -1.43. The van der Waals surface area contributed by atoms with Crippen molar-refractivity contribution < 1.29 is 19.4 Å². The van der Waals surface area contributed by atoms with Gasteiger partial charge in [-0.1, -0.05) is 42.5 Å². The molecule has 1 amide bonds. The van der Waals surface area contributed by atoms with Gasteiger partial charge in [0.2, 0.25) is 0 Å². The molecule has 0 saturated carbocycles. The number of morpholine rings is 1. The zero-order valence-electron chi connectivity index (χ0n) is 16.9. The SMILES string of the molecule is C[C@@H]1CN(Cc2ccc(C(=O)N[C@@H](Cc3ccccc3)C(=O)O)cc2)C[C@@H](C)O1. The number of carboxylic acid groups (broad SMARTS) is 1. The Morgan fingerprint density at radius 2 is 1.66 bits per heavy atom. The van der Waals surface area contributed by atoms with Gasteiger partial charge in [0.1, 0.15) is 6.04 Å². The summed E-state index contributed by atoms with van der Waals surface area (Å²) in [4.78, 5) is 26.4. The monoisotopic (exact) mass is 396 g/mol. The van der Waals surface area contributed by atoms with Crippen LogP contribution in [0.5, 0.6) is 0 Å². The Morgan fingerprint density at radius 3 is 2.24 bits per heavy atom. The van der Waals surface area contributed by atoms with E-state index in [0.29, 0.717) is 5.56 Å². The van der Waals surface area contributed by atoms with E-state index in [1.807, 2.05) is 42.5 Å². The summed E-state index contributed by atoms with van der Waals surface area (Å²) < 4.78 is 5.76. The molecule has 0 aromatic heterocycles. The second-order valence-corrected chi connectivity index (χ2v) is 7.70. The van der Waals surface area contributed by atoms with Gasteiger partial charge in [0.25, 0.3) is 5.91 Å². The third kappa shape index (κ3) is 6.14. The van der Waals surface area contributed by atoms with Crippen LogP contribution in [0.2, 0.25) is 0 Å². The molecule has 2 aromatic rings. The Morgan fingerprint density at radius 1 is 1.03 bits per heavy atom. The molecule has 0 aliphatic carbocycles. The summed E-state index contributed by atoms with van der Waals surface area (Å²) in [6.45, 7) is 6.71. The minimum atomic E-state index is -1.05. The van der Waals surface area contributed by atoms with Crippen LogP contribution in [0.1, 0.15) is 35.3 Å². The highest BCUT2D eigenvalue weighted by Crippen LogP contribution is 2.15. The zero-order valence-corrected chi connectivity index (χ0v) is 16.9. The lowest BCUT2D eigenvalue weighted by Gasteiger charge is -2.35. The highest BCUT2D eigenvalue weighted by Gasteiger charge is 2.23. The van der Waals surface area contributed by atoms with Gasteiger partial charge in [0.05, 0.1) is 12.2 Å². The summed E-state index contributed by atoms with van der Waals surface area (Å²) in [6.07, 6.45) is 0.663. The number of carbonyl (C=O) groups is 2. The number of benzene rings is 2. The first kappa shape index (κ1) is 21.0. The molecule has 1 aliphatic rings. The number of ether oxygens (including phenoxy) is 1. The van der Waals surface area contributed by atoms with Crippen LogP contribution in [0.4, 0.5) is 0 Å². The quantitative estimate of drug-likeness (QED) is 0.752. The normalized spacial score (nSPS) is 20.8. The Bertz CT molecular complexity index is 813. The van der Waals surface area contributed by atoms with Gasteiger partial charge in [-0.05, 0) is 37.1 Å². The van der Waals surface area contributed by atoms with Crippen molar-refractivity contribution in [2.24, 2.45) is 0 Å². The van der Waals surface area contributed by atoms with E-state index in [1.165, 1.54) is 0 Å². The summed E-state index contributed by atoms with van der Waals surface area (Å²) in [7, 11) is 0. The third-order valence-corrected chi connectivity index (χ3v) is 5.00. The number of nitrogens with one attached hydrogen (secondary N) is 1. The highest BCUT2D eigenvalue weighted by atomic mass is 16.5. The number of hydrogen-bond donors (Lipinski definition) is 2. The Labute approximate surface area is 171 Å². The molecule has 6 heteroatoms. The van der Waals surface area contributed by atoms with Gasteiger partial charge in [-0.15, -0.1) is 0 Å². The van der Waals surface area contributed by atoms with Crippen LogP contribution in [0, 0.1) is 0 Å². The van der Waals surface area contributed by atoms with Crippen molar-refractivity contribution in [2.75, 3.05) is 13.1 Å². The first-order valence-corrected chi connectivity index (χ1v) is 9.95. The molecule has 0 radical (unpaired) electrons. The van der Waals surface area contributed by atoms with Crippen molar-refractivity contribution in [1.29, 1.82) is 0 Å². The smallest absolute Gasteiger partial charge is 0.326 e. The van der Waals surface area contributed by atoms with Crippen molar-refractivity contribution in [1.82, 2.24) is 10.2 Å². The van der Waals surface area contributed by atoms with E-state index in [0.717, 1.165) is 30.8 Å². The van der Waals surface area contributed by atoms with Crippen molar-refractivity contribution in [3.8, 4) is 0 Å². The Balaban J connectivity index is 1.59. The molecule has 29 heavy (non-hydrogen) atoms. The second-order valence-electron chi connectivity index (χ2n) is 7.70. The van der Waals surface area contributed by atoms with Crippen molar-refractivity contribution in [3.63, 3.8) is 0 Å². The molecule has 1 aliphatic heterocycles. The summed E-state index contributed by atoms with van der Waals surface area (Å²) in [6, 6.07) is 15.7. The lowest BCUT2D eigenvalue weighted by molar-refractivity contribution is -0.139. The van der Waals surface area contributed by atoms with Crippen LogP contribution >= 0.6 is 0 Å². The maximum Gasteiger partial charge on any atom is 0.326 e. The molecule has 1 saturated heterocycles. The van der Waals surface area contributed by atoms with E-state index in [2.05, 4.69) is 24.1 Å². The first-order chi connectivity index (χ1) is 13.9. The molecule has 1 heterocycles. The minimum Gasteiger partial charge on any atom is -0.480 e. The molecule has 2 N–H and O–H groups in total. The molecule has 3 atom stereocenters. The van der Waals surface area contributed by atoms with Gasteiger partial charge >= 0.3 is 5.97 Å². The molecule has 3 rings (SSSR count). The fraction of sp³-hybridized carbons (Fsp3) is 0.391. The van der Waals surface area contributed by atoms with Crippen LogP contribution in [0.15, 0.2) is 54.6 Å². The third-order valence-electron chi connectivity index (χ3n) is 5.00. The number of amides is 1. The summed E-state index contributed by atoms with van der Waals surface area (Å²) in [5, 5.41) is 12.1. The molecule has 0 spiro atoms. The largest absolute Gasteiger partial charge is 0.480 e. The van der Waals surface area contributed by atoms with Crippen molar-refractivity contribution in [2.45, 2.75) is 45.1 Å². The Kier molecular flexibility index (Phi) is 7.01. The lowest BCUT2D eigenvalue weighted by atomic mass is 10.0. The van der Waals surface area contributed by atoms with Gasteiger partial charge in [-0.3, -0.25) is 9.69 Å². The maximum atomic E-state index is 12.5. The van der Waals surface area contributed by atoms with E-state index >= 15 is 0 Å². The number of rotatable bonds is 7. The van der Waals surface area contributed by atoms with Gasteiger partial charge in [-0.25, -0.2) is 4.79 Å². The standard InChI is InChI=1S/C23H28N2O4/c1-16-13-25(14-17(2)29-16)15-19-8-10-20(11-9-19)22(26)24-21(23(27)28)12-18-6-4-3-5-7-18/h3-11,16-17,21H,12-15H2,1-2H3,(H,24,26)(H,27,28)/t16-,17-,21+/m1/s1. The average molecular weight is 396 g/mol. The molecule has 6 nitrogen and oxygen atoms in total. The second kappa shape index (κ2) is 9.67. The number of carboxylic acids is 1. The molecule has 2 aromatic carbocycles. The lowest BCUT2D eigenvalue weighted by Crippen LogP contribution is -2.44. The summed E-state index contributed by atoms with van der Waals surface area (Å²) >= 11 is 0. The number of nitrogens with zero attached hydrogens (tertiary/aromatic N) is 1.